The molecule has 5 nitrogen and oxygen atoms in total. The highest BCUT2D eigenvalue weighted by molar-refractivity contribution is 5.98. The van der Waals surface area contributed by atoms with Crippen molar-refractivity contribution in [3.05, 3.63) is 59.0 Å². The fourth-order valence-electron chi connectivity index (χ4n) is 2.33. The van der Waals surface area contributed by atoms with Gasteiger partial charge in [-0.3, -0.25) is 0 Å². The first kappa shape index (κ1) is 14.0. The van der Waals surface area contributed by atoms with E-state index in [9.17, 15) is 4.79 Å². The van der Waals surface area contributed by atoms with Crippen LogP contribution in [0.4, 0.5) is 17.3 Å². The molecule has 3 aromatic rings. The molecule has 0 bridgehead atoms. The Morgan fingerprint density at radius 2 is 1.77 bits per heavy atom. The summed E-state index contributed by atoms with van der Waals surface area (Å²) in [4.78, 5) is 11.9. The van der Waals surface area contributed by atoms with Crippen molar-refractivity contribution in [3.63, 3.8) is 0 Å². The normalized spacial score (nSPS) is 10.6. The van der Waals surface area contributed by atoms with Crippen LogP contribution in [0.5, 0.6) is 5.75 Å². The lowest BCUT2D eigenvalue weighted by Gasteiger charge is -2.14. The largest absolute Gasteiger partial charge is 0.492 e. The first-order valence-corrected chi connectivity index (χ1v) is 7.01. The van der Waals surface area contributed by atoms with E-state index in [-0.39, 0.29) is 5.88 Å². The molecule has 0 fully saturated rings. The van der Waals surface area contributed by atoms with Gasteiger partial charge in [-0.05, 0) is 25.1 Å². The molecule has 0 amide bonds. The third kappa shape index (κ3) is 2.48. The van der Waals surface area contributed by atoms with E-state index in [1.165, 1.54) is 0 Å². The second kappa shape index (κ2) is 5.81. The van der Waals surface area contributed by atoms with Crippen LogP contribution in [0.1, 0.15) is 6.92 Å². The van der Waals surface area contributed by atoms with Crippen molar-refractivity contribution in [2.75, 3.05) is 17.7 Å². The van der Waals surface area contributed by atoms with Gasteiger partial charge in [0.15, 0.2) is 0 Å². The first-order chi connectivity index (χ1) is 10.7. The van der Waals surface area contributed by atoms with Crippen LogP contribution in [0, 0.1) is 0 Å². The number of ether oxygens (including phenoxy) is 1. The van der Waals surface area contributed by atoms with Gasteiger partial charge in [-0.25, -0.2) is 4.79 Å². The SMILES string of the molecule is CCOc1ccccc1Nc1c(N)oc(=O)c2ccccc12. The number of hydrogen-bond donors (Lipinski definition) is 2. The summed E-state index contributed by atoms with van der Waals surface area (Å²) in [5.41, 5.74) is 6.76. The number of rotatable bonds is 4. The van der Waals surface area contributed by atoms with E-state index in [1.54, 1.807) is 12.1 Å². The third-order valence-corrected chi connectivity index (χ3v) is 3.31. The molecule has 22 heavy (non-hydrogen) atoms. The van der Waals surface area contributed by atoms with Crippen molar-refractivity contribution >= 4 is 28.0 Å². The lowest BCUT2D eigenvalue weighted by atomic mass is 10.1. The van der Waals surface area contributed by atoms with Gasteiger partial charge < -0.3 is 20.2 Å². The van der Waals surface area contributed by atoms with Gasteiger partial charge >= 0.3 is 5.63 Å². The molecule has 0 aliphatic rings. The Balaban J connectivity index is 2.14. The number of benzene rings is 2. The van der Waals surface area contributed by atoms with E-state index in [4.69, 9.17) is 14.9 Å². The van der Waals surface area contributed by atoms with Gasteiger partial charge in [0.05, 0.1) is 17.7 Å². The molecule has 1 heterocycles. The minimum absolute atomic E-state index is 0.0509. The number of fused-ring (bicyclic) bond motifs is 1. The average molecular weight is 296 g/mol. The van der Waals surface area contributed by atoms with Crippen molar-refractivity contribution in [1.82, 2.24) is 0 Å². The van der Waals surface area contributed by atoms with Crippen molar-refractivity contribution < 1.29 is 9.15 Å². The Bertz CT molecular complexity index is 871. The van der Waals surface area contributed by atoms with Crippen molar-refractivity contribution in [3.8, 4) is 5.75 Å². The molecule has 0 spiro atoms. The van der Waals surface area contributed by atoms with E-state index in [1.807, 2.05) is 43.3 Å². The quantitative estimate of drug-likeness (QED) is 0.770. The molecule has 112 valence electrons. The second-order valence-corrected chi connectivity index (χ2v) is 4.73. The summed E-state index contributed by atoms with van der Waals surface area (Å²) in [6.07, 6.45) is 0. The zero-order valence-corrected chi connectivity index (χ0v) is 12.1. The van der Waals surface area contributed by atoms with Gasteiger partial charge in [-0.2, -0.15) is 0 Å². The third-order valence-electron chi connectivity index (χ3n) is 3.31. The predicted octanol–water partition coefficient (Wildman–Crippen LogP) is 3.52. The van der Waals surface area contributed by atoms with Crippen LogP contribution in [-0.2, 0) is 0 Å². The topological polar surface area (TPSA) is 77.5 Å². The molecule has 5 heteroatoms. The molecule has 0 radical (unpaired) electrons. The van der Waals surface area contributed by atoms with Crippen molar-refractivity contribution in [1.29, 1.82) is 0 Å². The molecule has 1 aromatic heterocycles. The minimum atomic E-state index is -0.447. The Morgan fingerprint density at radius 1 is 1.09 bits per heavy atom. The summed E-state index contributed by atoms with van der Waals surface area (Å²) in [5, 5.41) is 4.40. The van der Waals surface area contributed by atoms with Gasteiger partial charge in [0.25, 0.3) is 0 Å². The Kier molecular flexibility index (Phi) is 3.70. The zero-order chi connectivity index (χ0) is 15.5. The maximum atomic E-state index is 11.9. The highest BCUT2D eigenvalue weighted by Gasteiger charge is 2.13. The van der Waals surface area contributed by atoms with Crippen LogP contribution >= 0.6 is 0 Å². The number of nitrogens with one attached hydrogen (secondary N) is 1. The molecule has 0 atom stereocenters. The maximum absolute atomic E-state index is 11.9. The van der Waals surface area contributed by atoms with Gasteiger partial charge in [0.2, 0.25) is 5.88 Å². The van der Waals surface area contributed by atoms with E-state index in [2.05, 4.69) is 5.32 Å². The molecular formula is C17H16N2O3. The number of anilines is 3. The Morgan fingerprint density at radius 3 is 2.55 bits per heavy atom. The van der Waals surface area contributed by atoms with E-state index >= 15 is 0 Å². The molecular weight excluding hydrogens is 280 g/mol. The predicted molar refractivity (Wildman–Crippen MR) is 87.8 cm³/mol. The number of hydrogen-bond acceptors (Lipinski definition) is 5. The average Bonchev–Trinajstić information content (AvgIpc) is 2.53. The molecule has 3 rings (SSSR count). The Hall–Kier alpha value is -2.95. The van der Waals surface area contributed by atoms with Crippen LogP contribution < -0.4 is 21.4 Å². The van der Waals surface area contributed by atoms with Gasteiger partial charge in [0.1, 0.15) is 11.4 Å². The smallest absolute Gasteiger partial charge is 0.345 e. The summed E-state index contributed by atoms with van der Waals surface area (Å²) in [6.45, 7) is 2.47. The van der Waals surface area contributed by atoms with E-state index in [0.717, 1.165) is 5.69 Å². The van der Waals surface area contributed by atoms with Gasteiger partial charge in [0, 0.05) is 5.39 Å². The summed E-state index contributed by atoms with van der Waals surface area (Å²) in [5.74, 6) is 0.759. The molecule has 0 aliphatic heterocycles. The summed E-state index contributed by atoms with van der Waals surface area (Å²) in [6, 6.07) is 14.7. The van der Waals surface area contributed by atoms with Crippen LogP contribution in [0.15, 0.2) is 57.7 Å². The molecule has 0 saturated carbocycles. The lowest BCUT2D eigenvalue weighted by Crippen LogP contribution is -2.07. The van der Waals surface area contributed by atoms with Crippen LogP contribution in [0.3, 0.4) is 0 Å². The van der Waals surface area contributed by atoms with Crippen LogP contribution in [0.25, 0.3) is 10.8 Å². The van der Waals surface area contributed by atoms with Crippen molar-refractivity contribution in [2.45, 2.75) is 6.92 Å². The standard InChI is InChI=1S/C17H16N2O3/c1-2-21-14-10-6-5-9-13(14)19-15-11-7-3-4-8-12(11)17(20)22-16(15)18/h3-10,19H,2,18H2,1H3. The maximum Gasteiger partial charge on any atom is 0.345 e. The highest BCUT2D eigenvalue weighted by atomic mass is 16.5. The molecule has 0 aliphatic carbocycles. The van der Waals surface area contributed by atoms with Gasteiger partial charge in [-0.1, -0.05) is 30.3 Å². The van der Waals surface area contributed by atoms with Crippen LogP contribution in [0.2, 0.25) is 0 Å². The molecule has 0 saturated heterocycles. The summed E-state index contributed by atoms with van der Waals surface area (Å²) < 4.78 is 10.7. The lowest BCUT2D eigenvalue weighted by molar-refractivity contribution is 0.342. The molecule has 0 unspecified atom stereocenters. The summed E-state index contributed by atoms with van der Waals surface area (Å²) >= 11 is 0. The van der Waals surface area contributed by atoms with E-state index < -0.39 is 5.63 Å². The fraction of sp³-hybridized carbons (Fsp3) is 0.118. The van der Waals surface area contributed by atoms with E-state index in [0.29, 0.717) is 28.8 Å². The highest BCUT2D eigenvalue weighted by Crippen LogP contribution is 2.33. The zero-order valence-electron chi connectivity index (χ0n) is 12.1. The number of nitrogens with two attached hydrogens (primary N) is 1. The number of nitrogen functional groups attached to an aromatic ring is 1. The van der Waals surface area contributed by atoms with Crippen molar-refractivity contribution in [2.24, 2.45) is 0 Å². The molecule has 3 N–H and O–H groups in total. The molecule has 2 aromatic carbocycles. The fourth-order valence-corrected chi connectivity index (χ4v) is 2.33. The minimum Gasteiger partial charge on any atom is -0.492 e. The monoisotopic (exact) mass is 296 g/mol. The number of para-hydroxylation sites is 2. The second-order valence-electron chi connectivity index (χ2n) is 4.73. The van der Waals surface area contributed by atoms with Gasteiger partial charge in [-0.15, -0.1) is 0 Å². The van der Waals surface area contributed by atoms with Crippen LogP contribution in [-0.4, -0.2) is 6.61 Å². The summed E-state index contributed by atoms with van der Waals surface area (Å²) in [7, 11) is 0. The Labute approximate surface area is 127 Å². The first-order valence-electron chi connectivity index (χ1n) is 7.01.